The smallest absolute Gasteiger partial charge is 0.306 e. The number of ether oxygens (including phenoxy) is 2. The van der Waals surface area contributed by atoms with Gasteiger partial charge in [0.05, 0.1) is 6.61 Å². The summed E-state index contributed by atoms with van der Waals surface area (Å²) in [5, 5.41) is 9.65. The van der Waals surface area contributed by atoms with Gasteiger partial charge < -0.3 is 14.6 Å². The highest BCUT2D eigenvalue weighted by Crippen LogP contribution is 2.17. The molecule has 1 atom stereocenters. The van der Waals surface area contributed by atoms with Gasteiger partial charge in [-0.25, -0.2) is 0 Å². The van der Waals surface area contributed by atoms with Gasteiger partial charge in [0, 0.05) is 12.8 Å². The lowest BCUT2D eigenvalue weighted by molar-refractivity contribution is -0.161. The topological polar surface area (TPSA) is 72.8 Å². The Morgan fingerprint density at radius 1 is 0.364 bits per heavy atom. The lowest BCUT2D eigenvalue weighted by Gasteiger charge is -2.15. The Kier molecular flexibility index (Phi) is 54.9. The molecule has 0 aromatic heterocycles. The fourth-order valence-electron chi connectivity index (χ4n) is 8.53. The molecule has 0 heterocycles. The number of aliphatic hydroxyl groups excluding tert-OH is 1. The molecule has 0 rings (SSSR count). The Balaban J connectivity index is 3.44. The van der Waals surface area contributed by atoms with Crippen LogP contribution in [0.3, 0.4) is 0 Å². The van der Waals surface area contributed by atoms with Gasteiger partial charge in [0.1, 0.15) is 6.61 Å². The van der Waals surface area contributed by atoms with E-state index in [0.29, 0.717) is 12.8 Å². The molecular formula is C61H110O5. The third-order valence-corrected chi connectivity index (χ3v) is 12.8. The van der Waals surface area contributed by atoms with Crippen LogP contribution in [-0.4, -0.2) is 36.4 Å². The van der Waals surface area contributed by atoms with Crippen molar-refractivity contribution in [1.29, 1.82) is 0 Å². The molecule has 0 bridgehead atoms. The zero-order chi connectivity index (χ0) is 47.7. The Morgan fingerprint density at radius 3 is 0.985 bits per heavy atom. The summed E-state index contributed by atoms with van der Waals surface area (Å²) in [5.41, 5.74) is 0. The monoisotopic (exact) mass is 923 g/mol. The molecule has 0 amide bonds. The second kappa shape index (κ2) is 56.9. The quantitative estimate of drug-likeness (QED) is 0.0374. The molecule has 384 valence electrons. The number of unbranched alkanes of at least 4 members (excludes halogenated alkanes) is 35. The maximum absolute atomic E-state index is 12.3. The van der Waals surface area contributed by atoms with E-state index in [1.165, 1.54) is 205 Å². The fourth-order valence-corrected chi connectivity index (χ4v) is 8.53. The maximum atomic E-state index is 12.3. The van der Waals surface area contributed by atoms with Crippen LogP contribution in [0.15, 0.2) is 60.8 Å². The van der Waals surface area contributed by atoms with E-state index in [1.807, 2.05) is 0 Å². The first kappa shape index (κ1) is 63.6. The molecule has 0 saturated carbocycles. The average molecular weight is 924 g/mol. The van der Waals surface area contributed by atoms with E-state index >= 15 is 0 Å². The second-order valence-corrected chi connectivity index (χ2v) is 19.3. The molecule has 0 aliphatic rings. The van der Waals surface area contributed by atoms with Gasteiger partial charge in [-0.3, -0.25) is 9.59 Å². The molecule has 0 saturated heterocycles. The first-order valence-corrected chi connectivity index (χ1v) is 28.8. The molecule has 1 unspecified atom stereocenters. The Morgan fingerprint density at radius 2 is 0.652 bits per heavy atom. The van der Waals surface area contributed by atoms with E-state index in [0.717, 1.165) is 64.2 Å². The van der Waals surface area contributed by atoms with Crippen LogP contribution in [0, 0.1) is 0 Å². The Labute approximate surface area is 411 Å². The third kappa shape index (κ3) is 54.2. The van der Waals surface area contributed by atoms with Crippen LogP contribution in [0.2, 0.25) is 0 Å². The van der Waals surface area contributed by atoms with E-state index in [1.54, 1.807) is 0 Å². The molecular weight excluding hydrogens is 813 g/mol. The van der Waals surface area contributed by atoms with Crippen LogP contribution >= 0.6 is 0 Å². The summed E-state index contributed by atoms with van der Waals surface area (Å²) in [6, 6.07) is 0. The van der Waals surface area contributed by atoms with Gasteiger partial charge in [-0.2, -0.15) is 0 Å². The van der Waals surface area contributed by atoms with E-state index in [2.05, 4.69) is 74.6 Å². The Hall–Kier alpha value is -2.40. The SMILES string of the molecule is CC/C=C\C/C=C\C/C=C\C/C=C\C/C=C\CCCCCCCCCCCCCCCCCCCC(=O)OC(CO)COC(=O)CCCCCCCCCCCCCCCCCCCCC. The van der Waals surface area contributed by atoms with Gasteiger partial charge in [-0.1, -0.05) is 286 Å². The van der Waals surface area contributed by atoms with Crippen LogP contribution < -0.4 is 0 Å². The molecule has 0 radical (unpaired) electrons. The summed E-state index contributed by atoms with van der Waals surface area (Å²) < 4.78 is 10.7. The molecule has 5 heteroatoms. The number of hydrogen-bond donors (Lipinski definition) is 1. The number of carbonyl (C=O) groups is 2. The predicted octanol–water partition coefficient (Wildman–Crippen LogP) is 19.4. The van der Waals surface area contributed by atoms with Crippen molar-refractivity contribution >= 4 is 11.9 Å². The highest BCUT2D eigenvalue weighted by molar-refractivity contribution is 5.70. The molecule has 5 nitrogen and oxygen atoms in total. The average Bonchev–Trinajstić information content (AvgIpc) is 3.32. The van der Waals surface area contributed by atoms with Crippen molar-refractivity contribution in [3.8, 4) is 0 Å². The van der Waals surface area contributed by atoms with Crippen molar-refractivity contribution in [2.75, 3.05) is 13.2 Å². The molecule has 0 aliphatic carbocycles. The Bertz CT molecular complexity index is 1130. The molecule has 0 aliphatic heterocycles. The molecule has 66 heavy (non-hydrogen) atoms. The van der Waals surface area contributed by atoms with Gasteiger partial charge in [0.25, 0.3) is 0 Å². The molecule has 0 aromatic rings. The van der Waals surface area contributed by atoms with E-state index < -0.39 is 6.10 Å². The lowest BCUT2D eigenvalue weighted by atomic mass is 10.0. The van der Waals surface area contributed by atoms with Gasteiger partial charge in [0.2, 0.25) is 0 Å². The third-order valence-electron chi connectivity index (χ3n) is 12.8. The number of esters is 2. The van der Waals surface area contributed by atoms with Crippen LogP contribution in [0.25, 0.3) is 0 Å². The van der Waals surface area contributed by atoms with E-state index in [-0.39, 0.29) is 25.2 Å². The van der Waals surface area contributed by atoms with Crippen LogP contribution in [0.1, 0.15) is 296 Å². The van der Waals surface area contributed by atoms with Gasteiger partial charge in [-0.15, -0.1) is 0 Å². The summed E-state index contributed by atoms with van der Waals surface area (Å²) >= 11 is 0. The largest absolute Gasteiger partial charge is 0.462 e. The van der Waals surface area contributed by atoms with E-state index in [4.69, 9.17) is 9.47 Å². The minimum Gasteiger partial charge on any atom is -0.462 e. The first-order chi connectivity index (χ1) is 32.6. The minimum atomic E-state index is -0.770. The number of rotatable bonds is 53. The summed E-state index contributed by atoms with van der Waals surface area (Å²) in [6.07, 6.45) is 76.3. The molecule has 0 fully saturated rings. The number of aliphatic hydroxyl groups is 1. The zero-order valence-electron chi connectivity index (χ0n) is 44.0. The molecule has 0 aromatic carbocycles. The van der Waals surface area contributed by atoms with Crippen LogP contribution in [-0.2, 0) is 19.1 Å². The van der Waals surface area contributed by atoms with Crippen LogP contribution in [0.4, 0.5) is 0 Å². The number of carbonyl (C=O) groups excluding carboxylic acids is 2. The summed E-state index contributed by atoms with van der Waals surface area (Å²) in [4.78, 5) is 24.5. The normalized spacial score (nSPS) is 12.6. The predicted molar refractivity (Wildman–Crippen MR) is 288 cm³/mol. The standard InChI is InChI=1S/C61H110O5/c1-3-5-7-9-11-13-15-17-19-21-23-24-25-26-27-28-29-30-31-32-33-34-35-36-38-40-42-44-46-48-50-52-54-56-61(64)66-59(57-62)58-65-60(63)55-53-51-49-47-45-43-41-39-37-22-20-18-16-14-12-10-8-6-4-2/h5,7,11,13,17,19,23-24,26-27,59,62H,3-4,6,8-10,12,14-16,18,20-22,25,28-58H2,1-2H3/b7-5-,13-11-,19-17-,24-23-,27-26-. The maximum Gasteiger partial charge on any atom is 0.306 e. The summed E-state index contributed by atoms with van der Waals surface area (Å²) in [7, 11) is 0. The van der Waals surface area contributed by atoms with Crippen molar-refractivity contribution in [3.63, 3.8) is 0 Å². The van der Waals surface area contributed by atoms with Crippen molar-refractivity contribution in [2.24, 2.45) is 0 Å². The van der Waals surface area contributed by atoms with Gasteiger partial charge >= 0.3 is 11.9 Å². The van der Waals surface area contributed by atoms with Crippen molar-refractivity contribution in [3.05, 3.63) is 60.8 Å². The highest BCUT2D eigenvalue weighted by Gasteiger charge is 2.16. The highest BCUT2D eigenvalue weighted by atomic mass is 16.6. The minimum absolute atomic E-state index is 0.0614. The van der Waals surface area contributed by atoms with Crippen LogP contribution in [0.5, 0.6) is 0 Å². The lowest BCUT2D eigenvalue weighted by Crippen LogP contribution is -2.28. The summed E-state index contributed by atoms with van der Waals surface area (Å²) in [6.45, 7) is 4.07. The first-order valence-electron chi connectivity index (χ1n) is 28.8. The van der Waals surface area contributed by atoms with Crippen molar-refractivity contribution in [2.45, 2.75) is 302 Å². The number of hydrogen-bond acceptors (Lipinski definition) is 5. The number of allylic oxidation sites excluding steroid dienone is 10. The van der Waals surface area contributed by atoms with Gasteiger partial charge in [0.15, 0.2) is 6.10 Å². The van der Waals surface area contributed by atoms with Crippen molar-refractivity contribution < 1.29 is 24.2 Å². The van der Waals surface area contributed by atoms with E-state index in [9.17, 15) is 14.7 Å². The summed E-state index contributed by atoms with van der Waals surface area (Å²) in [5.74, 6) is -0.575. The fraction of sp³-hybridized carbons (Fsp3) is 0.803. The zero-order valence-corrected chi connectivity index (χ0v) is 44.0. The molecule has 1 N–H and O–H groups in total. The second-order valence-electron chi connectivity index (χ2n) is 19.3. The molecule has 0 spiro atoms. The van der Waals surface area contributed by atoms with Crippen molar-refractivity contribution in [1.82, 2.24) is 0 Å². The van der Waals surface area contributed by atoms with Gasteiger partial charge in [-0.05, 0) is 57.8 Å².